The third kappa shape index (κ3) is 4.11. The van der Waals surface area contributed by atoms with E-state index in [0.717, 1.165) is 18.6 Å². The Morgan fingerprint density at radius 2 is 2.19 bits per heavy atom. The third-order valence-electron chi connectivity index (χ3n) is 2.89. The maximum absolute atomic E-state index is 13.6. The fourth-order valence-corrected chi connectivity index (χ4v) is 1.81. The van der Waals surface area contributed by atoms with E-state index >= 15 is 0 Å². The smallest absolute Gasteiger partial charge is 0.220 e. The molecule has 1 amide bonds. The van der Waals surface area contributed by atoms with E-state index in [9.17, 15) is 13.6 Å². The van der Waals surface area contributed by atoms with Crippen molar-refractivity contribution in [2.24, 2.45) is 0 Å². The molecular formula is C15H16F2N2O2. The molecule has 1 aromatic heterocycles. The van der Waals surface area contributed by atoms with E-state index in [4.69, 9.17) is 4.42 Å². The first-order chi connectivity index (χ1) is 10.1. The number of nitrogens with zero attached hydrogens (tertiary/aromatic N) is 1. The molecule has 4 nitrogen and oxygen atoms in total. The molecule has 0 radical (unpaired) electrons. The number of halogens is 2. The van der Waals surface area contributed by atoms with Crippen molar-refractivity contribution >= 4 is 5.91 Å². The molecule has 0 atom stereocenters. The molecule has 0 aliphatic heterocycles. The lowest BCUT2D eigenvalue weighted by atomic mass is 10.2. The number of aromatic nitrogens is 1. The fourth-order valence-electron chi connectivity index (χ4n) is 1.81. The molecule has 0 fully saturated rings. The van der Waals surface area contributed by atoms with E-state index in [2.05, 4.69) is 10.3 Å². The van der Waals surface area contributed by atoms with Gasteiger partial charge in [-0.05, 0) is 18.6 Å². The van der Waals surface area contributed by atoms with Crippen LogP contribution in [-0.4, -0.2) is 17.4 Å². The molecule has 6 heteroatoms. The Balaban J connectivity index is 1.99. The van der Waals surface area contributed by atoms with Crippen LogP contribution in [0.1, 0.15) is 25.7 Å². The summed E-state index contributed by atoms with van der Waals surface area (Å²) in [5.41, 5.74) is 0.144. The van der Waals surface area contributed by atoms with Gasteiger partial charge in [0.2, 0.25) is 5.91 Å². The van der Waals surface area contributed by atoms with Gasteiger partial charge in [-0.2, -0.15) is 0 Å². The Hall–Kier alpha value is -2.24. The van der Waals surface area contributed by atoms with Crippen molar-refractivity contribution in [1.29, 1.82) is 0 Å². The SMILES string of the molecule is CCCNC(=O)CCc1ncc(-c2ccc(F)cc2F)o1. The first-order valence-corrected chi connectivity index (χ1v) is 6.77. The average Bonchev–Trinajstić information content (AvgIpc) is 2.91. The van der Waals surface area contributed by atoms with Crippen molar-refractivity contribution in [2.75, 3.05) is 6.54 Å². The van der Waals surface area contributed by atoms with Crippen LogP contribution in [0, 0.1) is 11.6 Å². The van der Waals surface area contributed by atoms with Gasteiger partial charge in [-0.25, -0.2) is 13.8 Å². The van der Waals surface area contributed by atoms with Crippen LogP contribution in [0.25, 0.3) is 11.3 Å². The van der Waals surface area contributed by atoms with Crippen LogP contribution in [0.3, 0.4) is 0 Å². The number of carbonyl (C=O) groups excluding carboxylic acids is 1. The average molecular weight is 294 g/mol. The highest BCUT2D eigenvalue weighted by atomic mass is 19.1. The molecule has 0 bridgehead atoms. The van der Waals surface area contributed by atoms with Crippen molar-refractivity contribution < 1.29 is 18.0 Å². The van der Waals surface area contributed by atoms with Crippen molar-refractivity contribution in [2.45, 2.75) is 26.2 Å². The fraction of sp³-hybridized carbons (Fsp3) is 0.333. The number of oxazole rings is 1. The summed E-state index contributed by atoms with van der Waals surface area (Å²) in [6.07, 6.45) is 2.83. The van der Waals surface area contributed by atoms with Crippen molar-refractivity contribution in [3.63, 3.8) is 0 Å². The molecule has 0 spiro atoms. The highest BCUT2D eigenvalue weighted by molar-refractivity contribution is 5.75. The largest absolute Gasteiger partial charge is 0.441 e. The van der Waals surface area contributed by atoms with Crippen LogP contribution in [0.5, 0.6) is 0 Å². The number of hydrogen-bond donors (Lipinski definition) is 1. The van der Waals surface area contributed by atoms with E-state index in [0.29, 0.717) is 18.9 Å². The van der Waals surface area contributed by atoms with Crippen LogP contribution in [0.15, 0.2) is 28.8 Å². The third-order valence-corrected chi connectivity index (χ3v) is 2.89. The Kier molecular flexibility index (Phi) is 5.03. The molecule has 0 unspecified atom stereocenters. The van der Waals surface area contributed by atoms with Crippen molar-refractivity contribution in [3.8, 4) is 11.3 Å². The summed E-state index contributed by atoms with van der Waals surface area (Å²) >= 11 is 0. The molecule has 0 saturated carbocycles. The minimum atomic E-state index is -0.710. The van der Waals surface area contributed by atoms with Crippen molar-refractivity contribution in [1.82, 2.24) is 10.3 Å². The highest BCUT2D eigenvalue weighted by Crippen LogP contribution is 2.24. The van der Waals surface area contributed by atoms with Gasteiger partial charge in [0, 0.05) is 25.5 Å². The zero-order valence-electron chi connectivity index (χ0n) is 11.7. The number of hydrogen-bond acceptors (Lipinski definition) is 3. The molecule has 0 saturated heterocycles. The lowest BCUT2D eigenvalue weighted by Gasteiger charge is -2.01. The molecule has 1 heterocycles. The summed E-state index contributed by atoms with van der Waals surface area (Å²) in [4.78, 5) is 15.5. The second-order valence-corrected chi connectivity index (χ2v) is 4.59. The van der Waals surface area contributed by atoms with Gasteiger partial charge in [-0.3, -0.25) is 4.79 Å². The number of amides is 1. The summed E-state index contributed by atoms with van der Waals surface area (Å²) < 4.78 is 31.8. The molecule has 2 rings (SSSR count). The lowest BCUT2D eigenvalue weighted by molar-refractivity contribution is -0.121. The standard InChI is InChI=1S/C15H16F2N2O2/c1-2-7-18-14(20)5-6-15-19-9-13(21-15)11-4-3-10(16)8-12(11)17/h3-4,8-9H,2,5-7H2,1H3,(H,18,20). The zero-order valence-corrected chi connectivity index (χ0v) is 11.7. The Labute approximate surface area is 121 Å². The number of rotatable bonds is 6. The summed E-state index contributed by atoms with van der Waals surface area (Å²) in [5.74, 6) is -0.872. The van der Waals surface area contributed by atoms with E-state index in [1.54, 1.807) is 0 Å². The highest BCUT2D eigenvalue weighted by Gasteiger charge is 2.12. The first kappa shape index (κ1) is 15.2. The Morgan fingerprint density at radius 1 is 1.38 bits per heavy atom. The maximum atomic E-state index is 13.6. The number of carbonyl (C=O) groups is 1. The number of benzene rings is 1. The van der Waals surface area contributed by atoms with E-state index < -0.39 is 11.6 Å². The predicted molar refractivity (Wildman–Crippen MR) is 73.5 cm³/mol. The summed E-state index contributed by atoms with van der Waals surface area (Å²) in [6.45, 7) is 2.61. The number of nitrogens with one attached hydrogen (secondary N) is 1. The van der Waals surface area contributed by atoms with Crippen LogP contribution in [-0.2, 0) is 11.2 Å². The summed E-state index contributed by atoms with van der Waals surface area (Å²) in [6, 6.07) is 3.23. The van der Waals surface area contributed by atoms with Gasteiger partial charge in [-0.15, -0.1) is 0 Å². The zero-order chi connectivity index (χ0) is 15.2. The van der Waals surface area contributed by atoms with E-state index in [1.165, 1.54) is 12.3 Å². The van der Waals surface area contributed by atoms with Gasteiger partial charge < -0.3 is 9.73 Å². The van der Waals surface area contributed by atoms with Gasteiger partial charge in [0.25, 0.3) is 0 Å². The maximum Gasteiger partial charge on any atom is 0.220 e. The first-order valence-electron chi connectivity index (χ1n) is 6.77. The van der Waals surface area contributed by atoms with Crippen LogP contribution in [0.2, 0.25) is 0 Å². The van der Waals surface area contributed by atoms with Crippen LogP contribution < -0.4 is 5.32 Å². The summed E-state index contributed by atoms with van der Waals surface area (Å²) in [5, 5.41) is 2.75. The Bertz CT molecular complexity index is 626. The van der Waals surface area contributed by atoms with Crippen LogP contribution >= 0.6 is 0 Å². The van der Waals surface area contributed by atoms with Gasteiger partial charge >= 0.3 is 0 Å². The number of aryl methyl sites for hydroxylation is 1. The minimum absolute atomic E-state index is 0.0791. The predicted octanol–water partition coefficient (Wildman–Crippen LogP) is 3.08. The molecular weight excluding hydrogens is 278 g/mol. The van der Waals surface area contributed by atoms with E-state index in [-0.39, 0.29) is 23.7 Å². The van der Waals surface area contributed by atoms with Gasteiger partial charge in [-0.1, -0.05) is 6.92 Å². The second kappa shape index (κ2) is 6.97. The summed E-state index contributed by atoms with van der Waals surface area (Å²) in [7, 11) is 0. The molecule has 2 aromatic rings. The Morgan fingerprint density at radius 3 is 2.90 bits per heavy atom. The lowest BCUT2D eigenvalue weighted by Crippen LogP contribution is -2.24. The topological polar surface area (TPSA) is 55.1 Å². The monoisotopic (exact) mass is 294 g/mol. The van der Waals surface area contributed by atoms with E-state index in [1.807, 2.05) is 6.92 Å². The molecule has 0 aliphatic rings. The van der Waals surface area contributed by atoms with Crippen molar-refractivity contribution in [3.05, 3.63) is 41.9 Å². The molecule has 21 heavy (non-hydrogen) atoms. The minimum Gasteiger partial charge on any atom is -0.441 e. The molecule has 1 aromatic carbocycles. The molecule has 112 valence electrons. The normalized spacial score (nSPS) is 10.6. The van der Waals surface area contributed by atoms with Crippen LogP contribution in [0.4, 0.5) is 8.78 Å². The second-order valence-electron chi connectivity index (χ2n) is 4.59. The quantitative estimate of drug-likeness (QED) is 0.890. The van der Waals surface area contributed by atoms with Gasteiger partial charge in [0.15, 0.2) is 11.7 Å². The van der Waals surface area contributed by atoms with Gasteiger partial charge in [0.05, 0.1) is 11.8 Å². The molecule has 1 N–H and O–H groups in total. The molecule has 0 aliphatic carbocycles. The van der Waals surface area contributed by atoms with Gasteiger partial charge in [0.1, 0.15) is 11.6 Å².